The monoisotopic (exact) mass is 233 g/mol. The Balaban J connectivity index is 1.98. The standard InChI is InChI=1S/C13H16N2O2/c14-7-1-3-11-9(5-7)13(17)10-6-8(16)2-4-12(10)15-11/h2,4-5,8,13,15-17H,1,3,6,14H2/p+1. The van der Waals surface area contributed by atoms with Crippen molar-refractivity contribution in [2.45, 2.75) is 31.5 Å². The number of aliphatic hydroxyl groups is 2. The fourth-order valence-corrected chi connectivity index (χ4v) is 2.64. The molecule has 4 nitrogen and oxygen atoms in total. The highest BCUT2D eigenvalue weighted by Gasteiger charge is 2.31. The van der Waals surface area contributed by atoms with Crippen LogP contribution >= 0.6 is 0 Å². The first kappa shape index (κ1) is 10.8. The molecular weight excluding hydrogens is 216 g/mol. The Bertz CT molecular complexity index is 486. The van der Waals surface area contributed by atoms with Gasteiger partial charge in [0.1, 0.15) is 11.8 Å². The minimum Gasteiger partial charge on any atom is -0.389 e. The van der Waals surface area contributed by atoms with Gasteiger partial charge >= 0.3 is 0 Å². The molecule has 90 valence electrons. The van der Waals surface area contributed by atoms with Gasteiger partial charge in [0.15, 0.2) is 0 Å². The minimum absolute atomic E-state index is 0.487. The third-order valence-electron chi connectivity index (χ3n) is 3.57. The predicted octanol–water partition coefficient (Wildman–Crippen LogP) is -0.301. The maximum Gasteiger partial charge on any atom is 0.105 e. The molecule has 2 unspecified atom stereocenters. The minimum atomic E-state index is -0.599. The van der Waals surface area contributed by atoms with Crippen LogP contribution in [0.25, 0.3) is 0 Å². The molecule has 2 aliphatic carbocycles. The maximum atomic E-state index is 10.4. The summed E-state index contributed by atoms with van der Waals surface area (Å²) in [5.74, 6) is 0. The fourth-order valence-electron chi connectivity index (χ4n) is 2.64. The van der Waals surface area contributed by atoms with Crippen molar-refractivity contribution < 1.29 is 15.9 Å². The van der Waals surface area contributed by atoms with Crippen LogP contribution in [0.5, 0.6) is 0 Å². The normalized spacial score (nSPS) is 31.8. The van der Waals surface area contributed by atoms with E-state index in [-0.39, 0.29) is 0 Å². The topological polar surface area (TPSA) is 80.1 Å². The molecular formula is C13H17N2O2+. The Labute approximate surface area is 99.8 Å². The maximum absolute atomic E-state index is 10.4. The molecule has 3 rings (SSSR count). The molecule has 0 aromatic heterocycles. The third kappa shape index (κ3) is 1.74. The van der Waals surface area contributed by atoms with E-state index in [1.165, 1.54) is 0 Å². The van der Waals surface area contributed by atoms with Crippen LogP contribution in [0.3, 0.4) is 0 Å². The highest BCUT2D eigenvalue weighted by molar-refractivity contribution is 5.49. The number of dihydropyridines is 1. The van der Waals surface area contributed by atoms with Gasteiger partial charge in [0.2, 0.25) is 0 Å². The van der Waals surface area contributed by atoms with Crippen molar-refractivity contribution in [3.05, 3.63) is 46.5 Å². The van der Waals surface area contributed by atoms with E-state index in [1.54, 1.807) is 6.08 Å². The van der Waals surface area contributed by atoms with Crippen LogP contribution in [0.4, 0.5) is 0 Å². The summed E-state index contributed by atoms with van der Waals surface area (Å²) in [6.07, 6.45) is 6.83. The molecule has 0 saturated heterocycles. The summed E-state index contributed by atoms with van der Waals surface area (Å²) >= 11 is 0. The van der Waals surface area contributed by atoms with E-state index < -0.39 is 12.2 Å². The summed E-state index contributed by atoms with van der Waals surface area (Å²) in [4.78, 5) is 0. The van der Waals surface area contributed by atoms with Gasteiger partial charge in [-0.25, -0.2) is 0 Å². The van der Waals surface area contributed by atoms with Crippen molar-refractivity contribution in [2.24, 2.45) is 0 Å². The molecule has 4 heteroatoms. The number of hydrogen-bond donors (Lipinski definition) is 4. The molecule has 0 aromatic carbocycles. The Kier molecular flexibility index (Phi) is 2.43. The summed E-state index contributed by atoms with van der Waals surface area (Å²) in [5, 5.41) is 23.3. The Hall–Kier alpha value is -1.36. The van der Waals surface area contributed by atoms with Crippen molar-refractivity contribution in [3.63, 3.8) is 0 Å². The SMILES string of the molecule is [NH3+]C1=CC2=C(CC1)NC1=C(CC(O)C=C1)C2O. The smallest absolute Gasteiger partial charge is 0.105 e. The average Bonchev–Trinajstić information content (AvgIpc) is 2.32. The molecule has 0 saturated carbocycles. The molecule has 0 spiro atoms. The van der Waals surface area contributed by atoms with Gasteiger partial charge in [0, 0.05) is 35.9 Å². The summed E-state index contributed by atoms with van der Waals surface area (Å²) in [7, 11) is 0. The lowest BCUT2D eigenvalue weighted by Gasteiger charge is -2.33. The molecule has 2 atom stereocenters. The second-order valence-electron chi connectivity index (χ2n) is 4.83. The Morgan fingerprint density at radius 2 is 2.12 bits per heavy atom. The van der Waals surface area contributed by atoms with E-state index in [0.29, 0.717) is 6.42 Å². The zero-order valence-corrected chi connectivity index (χ0v) is 9.61. The molecule has 17 heavy (non-hydrogen) atoms. The summed E-state index contributed by atoms with van der Waals surface area (Å²) < 4.78 is 0. The van der Waals surface area contributed by atoms with E-state index in [2.05, 4.69) is 11.1 Å². The Morgan fingerprint density at radius 3 is 2.94 bits per heavy atom. The lowest BCUT2D eigenvalue weighted by Crippen LogP contribution is -2.49. The van der Waals surface area contributed by atoms with Crippen LogP contribution in [-0.2, 0) is 0 Å². The van der Waals surface area contributed by atoms with Gasteiger partial charge in [0.25, 0.3) is 0 Å². The van der Waals surface area contributed by atoms with Crippen LogP contribution in [0.1, 0.15) is 19.3 Å². The molecule has 3 aliphatic rings. The third-order valence-corrected chi connectivity index (χ3v) is 3.57. The van der Waals surface area contributed by atoms with Gasteiger partial charge in [-0.05, 0) is 18.1 Å². The number of allylic oxidation sites excluding steroid dienone is 3. The van der Waals surface area contributed by atoms with Gasteiger partial charge in [-0.1, -0.05) is 6.08 Å². The largest absolute Gasteiger partial charge is 0.389 e. The van der Waals surface area contributed by atoms with Gasteiger partial charge in [0.05, 0.1) is 6.10 Å². The first-order valence-corrected chi connectivity index (χ1v) is 5.95. The van der Waals surface area contributed by atoms with E-state index in [0.717, 1.165) is 41.1 Å². The van der Waals surface area contributed by atoms with Crippen molar-refractivity contribution in [3.8, 4) is 0 Å². The van der Waals surface area contributed by atoms with E-state index in [9.17, 15) is 10.2 Å². The zero-order valence-electron chi connectivity index (χ0n) is 9.61. The number of quaternary nitrogens is 1. The number of nitrogens with one attached hydrogen (secondary N) is 1. The summed E-state index contributed by atoms with van der Waals surface area (Å²) in [6.45, 7) is 0. The van der Waals surface area contributed by atoms with Crippen molar-refractivity contribution in [1.82, 2.24) is 5.32 Å². The molecule has 0 amide bonds. The van der Waals surface area contributed by atoms with E-state index in [1.807, 2.05) is 12.2 Å². The predicted molar refractivity (Wildman–Crippen MR) is 63.2 cm³/mol. The van der Waals surface area contributed by atoms with E-state index in [4.69, 9.17) is 0 Å². The molecule has 6 N–H and O–H groups in total. The van der Waals surface area contributed by atoms with Crippen molar-refractivity contribution in [1.29, 1.82) is 0 Å². The van der Waals surface area contributed by atoms with Crippen LogP contribution in [-0.4, -0.2) is 22.4 Å². The van der Waals surface area contributed by atoms with Crippen LogP contribution in [0, 0.1) is 0 Å². The lowest BCUT2D eigenvalue weighted by molar-refractivity contribution is -0.307. The molecule has 0 aromatic rings. The van der Waals surface area contributed by atoms with Gasteiger partial charge in [-0.3, -0.25) is 0 Å². The molecule has 0 bridgehead atoms. The van der Waals surface area contributed by atoms with Gasteiger partial charge in [-0.2, -0.15) is 0 Å². The second kappa shape index (κ2) is 3.84. The highest BCUT2D eigenvalue weighted by atomic mass is 16.3. The number of aliphatic hydroxyl groups excluding tert-OH is 2. The second-order valence-corrected chi connectivity index (χ2v) is 4.83. The quantitative estimate of drug-likeness (QED) is 0.464. The lowest BCUT2D eigenvalue weighted by atomic mass is 9.84. The summed E-state index contributed by atoms with van der Waals surface area (Å²) in [6, 6.07) is 0. The average molecular weight is 233 g/mol. The highest BCUT2D eigenvalue weighted by Crippen LogP contribution is 2.34. The van der Waals surface area contributed by atoms with Crippen LogP contribution in [0.15, 0.2) is 46.5 Å². The molecule has 1 heterocycles. The summed E-state index contributed by atoms with van der Waals surface area (Å²) in [5.41, 5.74) is 8.84. The van der Waals surface area contributed by atoms with Gasteiger partial charge < -0.3 is 21.3 Å². The number of rotatable bonds is 0. The molecule has 0 fully saturated rings. The van der Waals surface area contributed by atoms with Crippen molar-refractivity contribution in [2.75, 3.05) is 0 Å². The van der Waals surface area contributed by atoms with Crippen molar-refractivity contribution >= 4 is 0 Å². The van der Waals surface area contributed by atoms with Gasteiger partial charge in [-0.15, -0.1) is 0 Å². The Morgan fingerprint density at radius 1 is 1.29 bits per heavy atom. The fraction of sp³-hybridized carbons (Fsp3) is 0.385. The number of hydrogen-bond acceptors (Lipinski definition) is 3. The van der Waals surface area contributed by atoms with Crippen LogP contribution in [0.2, 0.25) is 0 Å². The first-order chi connectivity index (χ1) is 8.15. The van der Waals surface area contributed by atoms with E-state index >= 15 is 0 Å². The zero-order chi connectivity index (χ0) is 12.0. The first-order valence-electron chi connectivity index (χ1n) is 5.95. The molecule has 0 radical (unpaired) electrons. The molecule has 1 aliphatic heterocycles. The van der Waals surface area contributed by atoms with Crippen LogP contribution < -0.4 is 11.1 Å².